The minimum Gasteiger partial charge on any atom is -0.497 e. The third kappa shape index (κ3) is 4.38. The van der Waals surface area contributed by atoms with Crippen molar-refractivity contribution in [2.75, 3.05) is 13.9 Å². The average Bonchev–Trinajstić information content (AvgIpc) is 3.33. The highest BCUT2D eigenvalue weighted by Gasteiger charge is 2.41. The van der Waals surface area contributed by atoms with Gasteiger partial charge < -0.3 is 29.0 Å². The van der Waals surface area contributed by atoms with E-state index < -0.39 is 18.3 Å². The molecule has 0 saturated carbocycles. The van der Waals surface area contributed by atoms with E-state index in [4.69, 9.17) is 23.7 Å². The number of hydrogen-bond donors (Lipinski definition) is 1. The molecule has 34 heavy (non-hydrogen) atoms. The Bertz CT molecular complexity index is 1260. The minimum atomic E-state index is -1.19. The summed E-state index contributed by atoms with van der Waals surface area (Å²) in [7, 11) is 1.55. The van der Waals surface area contributed by atoms with Gasteiger partial charge in [-0.25, -0.2) is 4.79 Å². The zero-order valence-corrected chi connectivity index (χ0v) is 19.7. The van der Waals surface area contributed by atoms with E-state index in [0.717, 1.165) is 5.56 Å². The van der Waals surface area contributed by atoms with Crippen LogP contribution in [0.25, 0.3) is 0 Å². The number of methoxy groups -OCH3 is 1. The predicted octanol–water partition coefficient (Wildman–Crippen LogP) is 4.80. The van der Waals surface area contributed by atoms with Crippen molar-refractivity contribution < 1.29 is 33.3 Å². The molecule has 1 N–H and O–H groups in total. The molecule has 0 spiro atoms. The molecule has 8 nitrogen and oxygen atoms in total. The van der Waals surface area contributed by atoms with Gasteiger partial charge in [0.25, 0.3) is 0 Å². The van der Waals surface area contributed by atoms with E-state index in [2.05, 4.69) is 21.2 Å². The number of halogens is 1. The van der Waals surface area contributed by atoms with Crippen LogP contribution >= 0.6 is 15.9 Å². The van der Waals surface area contributed by atoms with Crippen LogP contribution in [0.2, 0.25) is 0 Å². The summed E-state index contributed by atoms with van der Waals surface area (Å²) in [6.07, 6.45) is -2.77. The molecule has 0 aromatic heterocycles. The Kier molecular flexibility index (Phi) is 6.02. The van der Waals surface area contributed by atoms with Crippen molar-refractivity contribution in [1.29, 1.82) is 0 Å². The SMILES string of the molecule is COc1cccc([C@@H]2Oc3ccc(Br)cc3C(=O)[C@H]2OC(=O)NCc2ccc3c(c2)OCO3)c1. The summed E-state index contributed by atoms with van der Waals surface area (Å²) in [5.74, 6) is 1.93. The van der Waals surface area contributed by atoms with E-state index in [1.165, 1.54) is 0 Å². The molecule has 1 amide bonds. The number of carbonyl (C=O) groups excluding carboxylic acids is 2. The highest BCUT2D eigenvalue weighted by Crippen LogP contribution is 2.39. The van der Waals surface area contributed by atoms with Crippen LogP contribution in [0.3, 0.4) is 0 Å². The van der Waals surface area contributed by atoms with Gasteiger partial charge in [-0.15, -0.1) is 0 Å². The Balaban J connectivity index is 1.37. The Hall–Kier alpha value is -3.72. The van der Waals surface area contributed by atoms with Crippen LogP contribution in [0, 0.1) is 0 Å². The van der Waals surface area contributed by atoms with Crippen LogP contribution in [-0.4, -0.2) is 31.9 Å². The van der Waals surface area contributed by atoms with Gasteiger partial charge in [0, 0.05) is 16.6 Å². The molecule has 0 radical (unpaired) electrons. The van der Waals surface area contributed by atoms with Crippen LogP contribution in [0.1, 0.15) is 27.6 Å². The first-order valence-electron chi connectivity index (χ1n) is 10.5. The van der Waals surface area contributed by atoms with Crippen LogP contribution in [0.15, 0.2) is 65.1 Å². The smallest absolute Gasteiger partial charge is 0.408 e. The van der Waals surface area contributed by atoms with Gasteiger partial charge in [0.1, 0.15) is 11.5 Å². The van der Waals surface area contributed by atoms with E-state index >= 15 is 0 Å². The molecule has 2 heterocycles. The molecule has 174 valence electrons. The summed E-state index contributed by atoms with van der Waals surface area (Å²) in [6.45, 7) is 0.352. The van der Waals surface area contributed by atoms with E-state index in [1.807, 2.05) is 6.07 Å². The third-order valence-electron chi connectivity index (χ3n) is 5.52. The molecule has 0 fully saturated rings. The number of amides is 1. The van der Waals surface area contributed by atoms with Gasteiger partial charge >= 0.3 is 6.09 Å². The second kappa shape index (κ2) is 9.26. The monoisotopic (exact) mass is 525 g/mol. The largest absolute Gasteiger partial charge is 0.497 e. The van der Waals surface area contributed by atoms with E-state index in [1.54, 1.807) is 61.7 Å². The first-order valence-corrected chi connectivity index (χ1v) is 11.3. The Morgan fingerprint density at radius 3 is 2.74 bits per heavy atom. The fraction of sp³-hybridized carbons (Fsp3) is 0.200. The highest BCUT2D eigenvalue weighted by atomic mass is 79.9. The standard InChI is InChI=1S/C25H20BrNO7/c1-30-17-4-2-3-15(10-17)23-24(22(28)18-11-16(26)6-8-19(18)33-23)34-25(29)27-12-14-5-7-20-21(9-14)32-13-31-20/h2-11,23-24H,12-13H2,1H3,(H,27,29)/t23-,24+/m0/s1. The molecule has 9 heteroatoms. The zero-order chi connectivity index (χ0) is 23.7. The van der Waals surface area contributed by atoms with Crippen molar-refractivity contribution in [3.05, 3.63) is 81.8 Å². The molecule has 0 aliphatic carbocycles. The summed E-state index contributed by atoms with van der Waals surface area (Å²) in [4.78, 5) is 26.1. The molecule has 2 aliphatic heterocycles. The minimum absolute atomic E-state index is 0.168. The second-order valence-corrected chi connectivity index (χ2v) is 8.60. The second-order valence-electron chi connectivity index (χ2n) is 7.69. The number of alkyl carbamates (subject to hydrolysis) is 1. The van der Waals surface area contributed by atoms with Crippen LogP contribution in [0.5, 0.6) is 23.0 Å². The van der Waals surface area contributed by atoms with Crippen LogP contribution in [-0.2, 0) is 11.3 Å². The number of ether oxygens (including phenoxy) is 5. The lowest BCUT2D eigenvalue weighted by Gasteiger charge is -2.32. The molecule has 0 unspecified atom stereocenters. The lowest BCUT2D eigenvalue weighted by Crippen LogP contribution is -2.42. The molecule has 0 bridgehead atoms. The quantitative estimate of drug-likeness (QED) is 0.511. The number of carbonyl (C=O) groups is 2. The highest BCUT2D eigenvalue weighted by molar-refractivity contribution is 9.10. The molecular weight excluding hydrogens is 506 g/mol. The van der Waals surface area contributed by atoms with E-state index in [-0.39, 0.29) is 19.1 Å². The maximum Gasteiger partial charge on any atom is 0.408 e. The van der Waals surface area contributed by atoms with Crippen molar-refractivity contribution in [3.8, 4) is 23.0 Å². The molecule has 2 atom stereocenters. The lowest BCUT2D eigenvalue weighted by molar-refractivity contribution is 0.00890. The Morgan fingerprint density at radius 1 is 1.06 bits per heavy atom. The average molecular weight is 526 g/mol. The molecule has 5 rings (SSSR count). The van der Waals surface area contributed by atoms with Gasteiger partial charge in [0.15, 0.2) is 17.6 Å². The predicted molar refractivity (Wildman–Crippen MR) is 125 cm³/mol. The van der Waals surface area contributed by atoms with Gasteiger partial charge in [-0.1, -0.05) is 34.1 Å². The maximum absolute atomic E-state index is 13.4. The molecule has 3 aromatic rings. The number of ketones is 1. The number of hydrogen-bond acceptors (Lipinski definition) is 7. The Morgan fingerprint density at radius 2 is 1.88 bits per heavy atom. The summed E-state index contributed by atoms with van der Waals surface area (Å²) in [6, 6.07) is 17.6. The molecule has 0 saturated heterocycles. The normalized spacial score (nSPS) is 18.0. The van der Waals surface area contributed by atoms with Crippen LogP contribution < -0.4 is 24.3 Å². The molecular formula is C25H20BrNO7. The number of benzene rings is 3. The number of fused-ring (bicyclic) bond motifs is 2. The fourth-order valence-corrected chi connectivity index (χ4v) is 4.21. The Labute approximate surface area is 203 Å². The van der Waals surface area contributed by atoms with Gasteiger partial charge in [-0.2, -0.15) is 0 Å². The van der Waals surface area contributed by atoms with E-state index in [9.17, 15) is 9.59 Å². The van der Waals surface area contributed by atoms with Gasteiger partial charge in [-0.3, -0.25) is 4.79 Å². The first-order chi connectivity index (χ1) is 16.5. The van der Waals surface area contributed by atoms with Crippen molar-refractivity contribution in [2.24, 2.45) is 0 Å². The van der Waals surface area contributed by atoms with Crippen molar-refractivity contribution >= 4 is 27.8 Å². The maximum atomic E-state index is 13.4. The van der Waals surface area contributed by atoms with Crippen molar-refractivity contribution in [1.82, 2.24) is 5.32 Å². The summed E-state index contributed by atoms with van der Waals surface area (Å²) < 4.78 is 28.4. The molecule has 2 aliphatic rings. The third-order valence-corrected chi connectivity index (χ3v) is 6.02. The lowest BCUT2D eigenvalue weighted by atomic mass is 9.93. The fourth-order valence-electron chi connectivity index (χ4n) is 3.85. The van der Waals surface area contributed by atoms with Crippen molar-refractivity contribution in [3.63, 3.8) is 0 Å². The van der Waals surface area contributed by atoms with Gasteiger partial charge in [-0.05, 0) is 48.0 Å². The van der Waals surface area contributed by atoms with Gasteiger partial charge in [0.05, 0.1) is 12.7 Å². The summed E-state index contributed by atoms with van der Waals surface area (Å²) >= 11 is 3.38. The first kappa shape index (κ1) is 22.1. The molecule has 3 aromatic carbocycles. The number of Topliss-reactive ketones (excluding diaryl/α,β-unsaturated/α-hetero) is 1. The van der Waals surface area contributed by atoms with Gasteiger partial charge in [0.2, 0.25) is 18.7 Å². The van der Waals surface area contributed by atoms with Crippen LogP contribution in [0.4, 0.5) is 4.79 Å². The summed E-state index contributed by atoms with van der Waals surface area (Å²) in [5, 5.41) is 2.69. The van der Waals surface area contributed by atoms with E-state index in [0.29, 0.717) is 38.6 Å². The summed E-state index contributed by atoms with van der Waals surface area (Å²) in [5.41, 5.74) is 1.78. The number of nitrogens with one attached hydrogen (secondary N) is 1. The zero-order valence-electron chi connectivity index (χ0n) is 18.1. The topological polar surface area (TPSA) is 92.3 Å². The van der Waals surface area contributed by atoms with Crippen molar-refractivity contribution in [2.45, 2.75) is 18.8 Å². The number of rotatable bonds is 5.